The summed E-state index contributed by atoms with van der Waals surface area (Å²) in [6.07, 6.45) is 0.401. The summed E-state index contributed by atoms with van der Waals surface area (Å²) in [7, 11) is 1.71. The van der Waals surface area contributed by atoms with Gasteiger partial charge in [0.2, 0.25) is 5.91 Å². The zero-order chi connectivity index (χ0) is 16.5. The third-order valence-corrected chi connectivity index (χ3v) is 4.31. The first-order chi connectivity index (χ1) is 10.2. The van der Waals surface area contributed by atoms with E-state index in [-0.39, 0.29) is 22.5 Å². The molecule has 2 rings (SSSR count). The van der Waals surface area contributed by atoms with E-state index in [2.05, 4.69) is 0 Å². The Kier molecular flexibility index (Phi) is 4.85. The van der Waals surface area contributed by atoms with E-state index in [4.69, 9.17) is 11.6 Å². The summed E-state index contributed by atoms with van der Waals surface area (Å²) < 4.78 is 38.3. The first-order valence-electron chi connectivity index (χ1n) is 7.01. The van der Waals surface area contributed by atoms with Crippen LogP contribution in [-0.2, 0) is 11.0 Å². The van der Waals surface area contributed by atoms with Gasteiger partial charge in [-0.2, -0.15) is 13.2 Å². The topological polar surface area (TPSA) is 20.3 Å². The molecule has 6 heteroatoms. The highest BCUT2D eigenvalue weighted by Crippen LogP contribution is 2.36. The molecular weight excluding hydrogens is 315 g/mol. The van der Waals surface area contributed by atoms with E-state index in [1.807, 2.05) is 6.92 Å². The lowest BCUT2D eigenvalue weighted by molar-refractivity contribution is -0.137. The molecule has 1 aromatic carbocycles. The van der Waals surface area contributed by atoms with Crippen LogP contribution in [0.5, 0.6) is 0 Å². The maximum Gasteiger partial charge on any atom is 0.417 e. The van der Waals surface area contributed by atoms with Crippen molar-refractivity contribution in [2.45, 2.75) is 32.0 Å². The minimum atomic E-state index is -4.51. The van der Waals surface area contributed by atoms with Gasteiger partial charge in [0.1, 0.15) is 0 Å². The van der Waals surface area contributed by atoms with Gasteiger partial charge >= 0.3 is 6.18 Å². The van der Waals surface area contributed by atoms with E-state index in [1.54, 1.807) is 11.9 Å². The number of alkyl halides is 3. The minimum Gasteiger partial charge on any atom is -0.339 e. The summed E-state index contributed by atoms with van der Waals surface area (Å²) >= 11 is 5.56. The lowest BCUT2D eigenvalue weighted by Crippen LogP contribution is -2.35. The molecule has 1 amide bonds. The average molecular weight is 332 g/mol. The molecule has 120 valence electrons. The van der Waals surface area contributed by atoms with Crippen molar-refractivity contribution in [1.29, 1.82) is 0 Å². The number of halogens is 4. The van der Waals surface area contributed by atoms with Gasteiger partial charge in [0, 0.05) is 19.2 Å². The molecule has 0 bridgehead atoms. The molecule has 1 saturated carbocycles. The van der Waals surface area contributed by atoms with Gasteiger partial charge in [-0.25, -0.2) is 0 Å². The molecule has 1 aliphatic rings. The van der Waals surface area contributed by atoms with E-state index < -0.39 is 11.7 Å². The van der Waals surface area contributed by atoms with Crippen LogP contribution in [0.4, 0.5) is 13.2 Å². The maximum atomic E-state index is 12.8. The second kappa shape index (κ2) is 6.32. The number of likely N-dealkylation sites (N-methyl/N-ethyl adjacent to an activating group) is 1. The fourth-order valence-electron chi connectivity index (χ4n) is 2.24. The second-order valence-electron chi connectivity index (χ2n) is 5.60. The van der Waals surface area contributed by atoms with Crippen molar-refractivity contribution in [3.63, 3.8) is 0 Å². The summed E-state index contributed by atoms with van der Waals surface area (Å²) in [6, 6.07) is 3.72. The van der Waals surface area contributed by atoms with Gasteiger partial charge in [-0.1, -0.05) is 17.7 Å². The van der Waals surface area contributed by atoms with Crippen LogP contribution in [0.3, 0.4) is 0 Å². The summed E-state index contributed by atoms with van der Waals surface area (Å²) in [5.74, 6) is 0.317. The third kappa shape index (κ3) is 4.03. The van der Waals surface area contributed by atoms with Crippen LogP contribution in [0, 0.1) is 5.92 Å². The molecule has 1 aromatic rings. The summed E-state index contributed by atoms with van der Waals surface area (Å²) in [4.78, 5) is 13.6. The van der Waals surface area contributed by atoms with Crippen molar-refractivity contribution in [3.05, 3.63) is 40.4 Å². The van der Waals surface area contributed by atoms with Gasteiger partial charge in [-0.15, -0.1) is 0 Å². The van der Waals surface area contributed by atoms with Gasteiger partial charge in [0.25, 0.3) is 0 Å². The predicted molar refractivity (Wildman–Crippen MR) is 80.4 cm³/mol. The molecule has 0 N–H and O–H groups in total. The zero-order valence-electron chi connectivity index (χ0n) is 12.3. The molecule has 1 aliphatic carbocycles. The number of carbonyl (C=O) groups is 1. The first kappa shape index (κ1) is 16.9. The summed E-state index contributed by atoms with van der Waals surface area (Å²) in [6.45, 7) is 1.98. The van der Waals surface area contributed by atoms with Crippen molar-refractivity contribution in [3.8, 4) is 0 Å². The highest BCUT2D eigenvalue weighted by Gasteiger charge is 2.33. The first-order valence-corrected chi connectivity index (χ1v) is 7.39. The number of nitrogens with zero attached hydrogens (tertiary/aromatic N) is 1. The Balaban J connectivity index is 2.11. The largest absolute Gasteiger partial charge is 0.417 e. The molecule has 1 fully saturated rings. The Morgan fingerprint density at radius 1 is 1.41 bits per heavy atom. The molecule has 1 unspecified atom stereocenters. The van der Waals surface area contributed by atoms with Gasteiger partial charge in [0.05, 0.1) is 10.6 Å². The quantitative estimate of drug-likeness (QED) is 0.737. The molecule has 0 spiro atoms. The molecule has 0 radical (unpaired) electrons. The third-order valence-electron chi connectivity index (χ3n) is 3.98. The SMILES string of the molecule is CC(C1CC1)N(C)C(=O)/C=C/c1ccc(Cl)c(C(F)(F)F)c1. The number of hydrogen-bond acceptors (Lipinski definition) is 1. The number of rotatable bonds is 4. The van der Waals surface area contributed by atoms with Crippen LogP contribution in [0.2, 0.25) is 5.02 Å². The summed E-state index contributed by atoms with van der Waals surface area (Å²) in [5, 5.41) is -0.351. The normalized spacial score (nSPS) is 16.8. The highest BCUT2D eigenvalue weighted by atomic mass is 35.5. The lowest BCUT2D eigenvalue weighted by atomic mass is 10.1. The minimum absolute atomic E-state index is 0.146. The Morgan fingerprint density at radius 2 is 2.05 bits per heavy atom. The second-order valence-corrected chi connectivity index (χ2v) is 6.00. The van der Waals surface area contributed by atoms with Crippen LogP contribution >= 0.6 is 11.6 Å². The van der Waals surface area contributed by atoms with E-state index in [0.717, 1.165) is 18.9 Å². The monoisotopic (exact) mass is 331 g/mol. The molecule has 0 heterocycles. The fraction of sp³-hybridized carbons (Fsp3) is 0.438. The molecule has 22 heavy (non-hydrogen) atoms. The van der Waals surface area contributed by atoms with Crippen LogP contribution < -0.4 is 0 Å². The number of carbonyl (C=O) groups excluding carboxylic acids is 1. The number of amides is 1. The Bertz CT molecular complexity index is 594. The Hall–Kier alpha value is -1.49. The van der Waals surface area contributed by atoms with Crippen LogP contribution in [-0.4, -0.2) is 23.9 Å². The predicted octanol–water partition coefficient (Wildman–Crippen LogP) is 4.63. The smallest absolute Gasteiger partial charge is 0.339 e. The van der Waals surface area contributed by atoms with Gasteiger partial charge in [0.15, 0.2) is 0 Å². The Morgan fingerprint density at radius 3 is 2.59 bits per heavy atom. The van der Waals surface area contributed by atoms with Crippen molar-refractivity contribution in [2.24, 2.45) is 5.92 Å². The van der Waals surface area contributed by atoms with E-state index >= 15 is 0 Å². The Labute approximate surface area is 132 Å². The molecule has 2 nitrogen and oxygen atoms in total. The molecule has 0 aromatic heterocycles. The average Bonchev–Trinajstić information content (AvgIpc) is 3.27. The van der Waals surface area contributed by atoms with Crippen molar-refractivity contribution < 1.29 is 18.0 Å². The number of benzene rings is 1. The van der Waals surface area contributed by atoms with Crippen LogP contribution in [0.15, 0.2) is 24.3 Å². The van der Waals surface area contributed by atoms with E-state index in [0.29, 0.717) is 5.92 Å². The fourth-order valence-corrected chi connectivity index (χ4v) is 2.47. The van der Waals surface area contributed by atoms with E-state index in [9.17, 15) is 18.0 Å². The lowest BCUT2D eigenvalue weighted by Gasteiger charge is -2.23. The number of hydrogen-bond donors (Lipinski definition) is 0. The van der Waals surface area contributed by atoms with Crippen LogP contribution in [0.1, 0.15) is 30.9 Å². The van der Waals surface area contributed by atoms with Gasteiger partial charge in [-0.3, -0.25) is 4.79 Å². The van der Waals surface area contributed by atoms with E-state index in [1.165, 1.54) is 24.3 Å². The van der Waals surface area contributed by atoms with Gasteiger partial charge < -0.3 is 4.90 Å². The molecule has 0 aliphatic heterocycles. The zero-order valence-corrected chi connectivity index (χ0v) is 13.1. The standard InChI is InChI=1S/C16H17ClF3NO/c1-10(12-5-6-12)21(2)15(22)8-4-11-3-7-14(17)13(9-11)16(18,19)20/h3-4,7-10,12H,5-6H2,1-2H3/b8-4+. The highest BCUT2D eigenvalue weighted by molar-refractivity contribution is 6.31. The maximum absolute atomic E-state index is 12.8. The van der Waals surface area contributed by atoms with Crippen LogP contribution in [0.25, 0.3) is 6.08 Å². The molecular formula is C16H17ClF3NO. The van der Waals surface area contributed by atoms with Gasteiger partial charge in [-0.05, 0) is 49.5 Å². The molecule has 0 saturated heterocycles. The molecule has 1 atom stereocenters. The van der Waals surface area contributed by atoms with Crippen molar-refractivity contribution >= 4 is 23.6 Å². The van der Waals surface area contributed by atoms with Crippen molar-refractivity contribution in [1.82, 2.24) is 4.90 Å². The van der Waals surface area contributed by atoms with Crippen molar-refractivity contribution in [2.75, 3.05) is 7.05 Å². The summed E-state index contributed by atoms with van der Waals surface area (Å²) in [5.41, 5.74) is -0.610.